The lowest BCUT2D eigenvalue weighted by molar-refractivity contribution is -0.133. The van der Waals surface area contributed by atoms with Gasteiger partial charge in [-0.25, -0.2) is 4.98 Å². The molecule has 1 aromatic heterocycles. The molecular weight excluding hydrogens is 264 g/mol. The third kappa shape index (κ3) is 2.78. The van der Waals surface area contributed by atoms with Crippen LogP contribution in [0.25, 0.3) is 10.9 Å². The molecule has 1 heterocycles. The van der Waals surface area contributed by atoms with Crippen molar-refractivity contribution in [2.75, 3.05) is 5.75 Å². The van der Waals surface area contributed by atoms with Gasteiger partial charge in [0.1, 0.15) is 0 Å². The van der Waals surface area contributed by atoms with Crippen molar-refractivity contribution in [2.24, 2.45) is 0 Å². The minimum atomic E-state index is -0.925. The van der Waals surface area contributed by atoms with Gasteiger partial charge in [-0.1, -0.05) is 23.4 Å². The van der Waals surface area contributed by atoms with Crippen LogP contribution in [0.3, 0.4) is 0 Å². The first kappa shape index (κ1) is 13.6. The van der Waals surface area contributed by atoms with Gasteiger partial charge in [0.05, 0.1) is 16.7 Å². The third-order valence-electron chi connectivity index (χ3n) is 2.72. The normalized spacial score (nSPS) is 10.8. The molecule has 5 nitrogen and oxygen atoms in total. The number of rotatable bonds is 4. The first-order valence-corrected chi connectivity index (χ1v) is 6.87. The highest BCUT2D eigenvalue weighted by atomic mass is 32.2. The van der Waals surface area contributed by atoms with E-state index in [0.29, 0.717) is 22.6 Å². The molecule has 0 saturated carbocycles. The zero-order valence-corrected chi connectivity index (χ0v) is 11.5. The fourth-order valence-corrected chi connectivity index (χ4v) is 2.61. The largest absolute Gasteiger partial charge is 0.481 e. The number of carboxylic acid groups (broad SMARTS) is 1. The van der Waals surface area contributed by atoms with E-state index in [1.54, 1.807) is 6.07 Å². The summed E-state index contributed by atoms with van der Waals surface area (Å²) >= 11 is 1.07. The summed E-state index contributed by atoms with van der Waals surface area (Å²) in [4.78, 5) is 27.4. The molecule has 0 unspecified atom stereocenters. The summed E-state index contributed by atoms with van der Waals surface area (Å²) in [7, 11) is 0. The van der Waals surface area contributed by atoms with E-state index >= 15 is 0 Å². The number of aromatic nitrogens is 2. The molecular formula is C13H14N2O3S. The Morgan fingerprint density at radius 3 is 2.84 bits per heavy atom. The highest BCUT2D eigenvalue weighted by Crippen LogP contribution is 2.18. The van der Waals surface area contributed by atoms with Gasteiger partial charge in [0, 0.05) is 6.54 Å². The molecule has 6 heteroatoms. The number of thioether (sulfide) groups is 1. The Balaban J connectivity index is 2.61. The number of fused-ring (bicyclic) bond motifs is 1. The van der Waals surface area contributed by atoms with Crippen LogP contribution in [0.4, 0.5) is 0 Å². The van der Waals surface area contributed by atoms with E-state index in [0.717, 1.165) is 17.3 Å². The second-order valence-corrected chi connectivity index (χ2v) is 5.09. The van der Waals surface area contributed by atoms with Crippen molar-refractivity contribution in [1.82, 2.24) is 9.55 Å². The quantitative estimate of drug-likeness (QED) is 0.683. The number of aliphatic carboxylic acids is 1. The third-order valence-corrected chi connectivity index (χ3v) is 3.68. The summed E-state index contributed by atoms with van der Waals surface area (Å²) in [6.45, 7) is 4.23. The molecule has 0 spiro atoms. The molecule has 1 N–H and O–H groups in total. The minimum absolute atomic E-state index is 0.107. The molecule has 100 valence electrons. The van der Waals surface area contributed by atoms with Crippen molar-refractivity contribution in [3.05, 3.63) is 34.1 Å². The first-order chi connectivity index (χ1) is 9.02. The highest BCUT2D eigenvalue weighted by molar-refractivity contribution is 7.99. The average Bonchev–Trinajstić information content (AvgIpc) is 2.37. The molecule has 0 fully saturated rings. The summed E-state index contributed by atoms with van der Waals surface area (Å²) in [5.41, 5.74) is 1.48. The number of hydrogen-bond acceptors (Lipinski definition) is 4. The van der Waals surface area contributed by atoms with Crippen LogP contribution in [0, 0.1) is 6.92 Å². The lowest BCUT2D eigenvalue weighted by Crippen LogP contribution is -2.23. The van der Waals surface area contributed by atoms with Crippen molar-refractivity contribution >= 4 is 28.6 Å². The molecule has 2 rings (SSSR count). The van der Waals surface area contributed by atoms with Gasteiger partial charge in [0.25, 0.3) is 5.56 Å². The molecule has 0 aliphatic carbocycles. The van der Waals surface area contributed by atoms with E-state index in [1.165, 1.54) is 4.57 Å². The molecule has 0 radical (unpaired) electrons. The fraction of sp³-hybridized carbons (Fsp3) is 0.308. The smallest absolute Gasteiger partial charge is 0.313 e. The van der Waals surface area contributed by atoms with E-state index in [1.807, 2.05) is 26.0 Å². The number of carboxylic acids is 1. The maximum Gasteiger partial charge on any atom is 0.313 e. The molecule has 0 atom stereocenters. The Bertz CT molecular complexity index is 694. The summed E-state index contributed by atoms with van der Waals surface area (Å²) in [5, 5.41) is 9.74. The second kappa shape index (κ2) is 5.44. The predicted octanol–water partition coefficient (Wildman–Crippen LogP) is 1.90. The van der Waals surface area contributed by atoms with Gasteiger partial charge in [-0.2, -0.15) is 0 Å². The van der Waals surface area contributed by atoms with Crippen molar-refractivity contribution in [2.45, 2.75) is 25.5 Å². The van der Waals surface area contributed by atoms with Crippen molar-refractivity contribution in [3.8, 4) is 0 Å². The van der Waals surface area contributed by atoms with Gasteiger partial charge in [-0.05, 0) is 26.0 Å². The van der Waals surface area contributed by atoms with Gasteiger partial charge in [-0.3, -0.25) is 14.2 Å². The van der Waals surface area contributed by atoms with Crippen LogP contribution in [-0.4, -0.2) is 26.4 Å². The van der Waals surface area contributed by atoms with Gasteiger partial charge in [0.15, 0.2) is 5.16 Å². The highest BCUT2D eigenvalue weighted by Gasteiger charge is 2.11. The average molecular weight is 278 g/mol. The van der Waals surface area contributed by atoms with E-state index < -0.39 is 5.97 Å². The molecule has 0 bridgehead atoms. The topological polar surface area (TPSA) is 72.2 Å². The summed E-state index contributed by atoms with van der Waals surface area (Å²) in [6, 6.07) is 5.48. The Labute approximate surface area is 114 Å². The summed E-state index contributed by atoms with van der Waals surface area (Å²) in [5.74, 6) is -1.03. The van der Waals surface area contributed by atoms with Crippen LogP contribution in [0.15, 0.2) is 28.2 Å². The zero-order valence-electron chi connectivity index (χ0n) is 10.7. The molecule has 2 aromatic rings. The van der Waals surface area contributed by atoms with Gasteiger partial charge >= 0.3 is 5.97 Å². The number of carbonyl (C=O) groups is 1. The Kier molecular flexibility index (Phi) is 3.90. The van der Waals surface area contributed by atoms with Gasteiger partial charge < -0.3 is 5.11 Å². The van der Waals surface area contributed by atoms with Gasteiger partial charge in [0.2, 0.25) is 0 Å². The van der Waals surface area contributed by atoms with Crippen LogP contribution in [0.2, 0.25) is 0 Å². The lowest BCUT2D eigenvalue weighted by atomic mass is 10.2. The Morgan fingerprint density at radius 1 is 1.47 bits per heavy atom. The summed E-state index contributed by atoms with van der Waals surface area (Å²) < 4.78 is 1.51. The monoisotopic (exact) mass is 278 g/mol. The SMILES string of the molecule is CCn1c(SCC(=O)O)nc2ccc(C)cc2c1=O. The number of nitrogens with zero attached hydrogens (tertiary/aromatic N) is 2. The van der Waals surface area contributed by atoms with Crippen LogP contribution < -0.4 is 5.56 Å². The zero-order chi connectivity index (χ0) is 14.0. The predicted molar refractivity (Wildman–Crippen MR) is 74.8 cm³/mol. The minimum Gasteiger partial charge on any atom is -0.481 e. The number of benzene rings is 1. The standard InChI is InChI=1S/C13H14N2O3S/c1-3-15-12(18)9-6-8(2)4-5-10(9)14-13(15)19-7-11(16)17/h4-6H,3,7H2,1-2H3,(H,16,17). The molecule has 19 heavy (non-hydrogen) atoms. The van der Waals surface area contributed by atoms with Crippen molar-refractivity contribution in [3.63, 3.8) is 0 Å². The van der Waals surface area contributed by atoms with E-state index in [4.69, 9.17) is 5.11 Å². The van der Waals surface area contributed by atoms with Crippen LogP contribution in [0.1, 0.15) is 12.5 Å². The Morgan fingerprint density at radius 2 is 2.21 bits per heavy atom. The van der Waals surface area contributed by atoms with Crippen LogP contribution in [0.5, 0.6) is 0 Å². The van der Waals surface area contributed by atoms with Gasteiger partial charge in [-0.15, -0.1) is 0 Å². The maximum absolute atomic E-state index is 12.3. The lowest BCUT2D eigenvalue weighted by Gasteiger charge is -2.10. The van der Waals surface area contributed by atoms with Crippen molar-refractivity contribution < 1.29 is 9.90 Å². The Hall–Kier alpha value is -1.82. The van der Waals surface area contributed by atoms with E-state index in [2.05, 4.69) is 4.98 Å². The number of hydrogen-bond donors (Lipinski definition) is 1. The van der Waals surface area contributed by atoms with Crippen LogP contribution >= 0.6 is 11.8 Å². The molecule has 1 aromatic carbocycles. The molecule has 0 amide bonds. The molecule has 0 aliphatic heterocycles. The molecule has 0 saturated heterocycles. The van der Waals surface area contributed by atoms with Crippen LogP contribution in [-0.2, 0) is 11.3 Å². The second-order valence-electron chi connectivity index (χ2n) is 4.15. The maximum atomic E-state index is 12.3. The first-order valence-electron chi connectivity index (χ1n) is 5.88. The van der Waals surface area contributed by atoms with Crippen molar-refractivity contribution in [1.29, 1.82) is 0 Å². The molecule has 0 aliphatic rings. The number of aryl methyl sites for hydroxylation is 1. The summed E-state index contributed by atoms with van der Waals surface area (Å²) in [6.07, 6.45) is 0. The van der Waals surface area contributed by atoms with E-state index in [9.17, 15) is 9.59 Å². The van der Waals surface area contributed by atoms with E-state index in [-0.39, 0.29) is 11.3 Å². The fourth-order valence-electron chi connectivity index (χ4n) is 1.83.